The van der Waals surface area contributed by atoms with Gasteiger partial charge in [0.2, 0.25) is 0 Å². The Balaban J connectivity index is 1.97. The van der Waals surface area contributed by atoms with Gasteiger partial charge in [-0.25, -0.2) is 0 Å². The van der Waals surface area contributed by atoms with Crippen molar-refractivity contribution in [3.8, 4) is 5.75 Å². The quantitative estimate of drug-likeness (QED) is 0.837. The van der Waals surface area contributed by atoms with Gasteiger partial charge in [0.05, 0.1) is 12.8 Å². The maximum absolute atomic E-state index is 5.47. The van der Waals surface area contributed by atoms with Crippen LogP contribution in [0.2, 0.25) is 0 Å². The molecule has 2 rings (SSSR count). The van der Waals surface area contributed by atoms with Crippen LogP contribution in [0.15, 0.2) is 24.3 Å². The van der Waals surface area contributed by atoms with Gasteiger partial charge in [-0.15, -0.1) is 0 Å². The van der Waals surface area contributed by atoms with Crippen molar-refractivity contribution < 1.29 is 4.74 Å². The van der Waals surface area contributed by atoms with E-state index in [2.05, 4.69) is 29.6 Å². The molecule has 2 unspecified atom stereocenters. The molecule has 1 aliphatic rings. The molecule has 0 aliphatic heterocycles. The number of likely N-dealkylation sites (N-methyl/N-ethyl adjacent to an activating group) is 1. The molecule has 2 N–H and O–H groups in total. The molecular formula is C16H25N3OS. The second-order valence-electron chi connectivity index (χ2n) is 5.72. The third-order valence-corrected chi connectivity index (χ3v) is 4.28. The lowest BCUT2D eigenvalue weighted by atomic mass is 9.90. The van der Waals surface area contributed by atoms with Crippen LogP contribution >= 0.6 is 12.2 Å². The summed E-state index contributed by atoms with van der Waals surface area (Å²) in [6, 6.07) is 8.76. The first-order valence-corrected chi connectivity index (χ1v) is 7.89. The number of rotatable bonds is 4. The Hall–Kier alpha value is -1.33. The molecule has 0 saturated heterocycles. The first-order chi connectivity index (χ1) is 10.1. The molecule has 0 heterocycles. The van der Waals surface area contributed by atoms with Crippen LogP contribution in [0.3, 0.4) is 0 Å². The summed E-state index contributed by atoms with van der Waals surface area (Å²) in [7, 11) is 5.95. The highest BCUT2D eigenvalue weighted by Gasteiger charge is 2.27. The highest BCUT2D eigenvalue weighted by Crippen LogP contribution is 2.24. The number of anilines is 1. The zero-order valence-electron chi connectivity index (χ0n) is 13.1. The number of benzene rings is 1. The van der Waals surface area contributed by atoms with Gasteiger partial charge in [-0.3, -0.25) is 0 Å². The van der Waals surface area contributed by atoms with Gasteiger partial charge in [0.15, 0.2) is 5.11 Å². The van der Waals surface area contributed by atoms with Crippen LogP contribution in [0, 0.1) is 0 Å². The fourth-order valence-corrected chi connectivity index (χ4v) is 3.23. The number of methoxy groups -OCH3 is 1. The van der Waals surface area contributed by atoms with Crippen molar-refractivity contribution in [2.24, 2.45) is 0 Å². The number of ether oxygens (including phenoxy) is 1. The lowest BCUT2D eigenvalue weighted by Crippen LogP contribution is -2.52. The average molecular weight is 307 g/mol. The Morgan fingerprint density at radius 1 is 1.24 bits per heavy atom. The molecule has 0 bridgehead atoms. The Labute approximate surface area is 132 Å². The van der Waals surface area contributed by atoms with Gasteiger partial charge in [-0.05, 0) is 51.3 Å². The fraction of sp³-hybridized carbons (Fsp3) is 0.562. The smallest absolute Gasteiger partial charge is 0.171 e. The summed E-state index contributed by atoms with van der Waals surface area (Å²) in [5.41, 5.74) is 0.898. The van der Waals surface area contributed by atoms with Crippen molar-refractivity contribution in [1.29, 1.82) is 0 Å². The summed E-state index contributed by atoms with van der Waals surface area (Å²) in [6.45, 7) is 0. The minimum absolute atomic E-state index is 0.406. The number of hydrogen-bond donors (Lipinski definition) is 2. The second-order valence-corrected chi connectivity index (χ2v) is 6.13. The van der Waals surface area contributed by atoms with Gasteiger partial charge >= 0.3 is 0 Å². The molecule has 1 aromatic rings. The summed E-state index contributed by atoms with van der Waals surface area (Å²) < 4.78 is 5.34. The number of nitrogens with zero attached hydrogens (tertiary/aromatic N) is 1. The molecule has 1 aliphatic carbocycles. The Morgan fingerprint density at radius 2 is 1.95 bits per heavy atom. The van der Waals surface area contributed by atoms with Crippen molar-refractivity contribution in [1.82, 2.24) is 10.2 Å². The van der Waals surface area contributed by atoms with Crippen molar-refractivity contribution in [2.75, 3.05) is 26.5 Å². The van der Waals surface area contributed by atoms with Gasteiger partial charge < -0.3 is 20.3 Å². The number of thiocarbonyl (C=S) groups is 1. The van der Waals surface area contributed by atoms with Crippen molar-refractivity contribution in [3.63, 3.8) is 0 Å². The first kappa shape index (κ1) is 16.0. The molecule has 0 aromatic heterocycles. The average Bonchev–Trinajstić information content (AvgIpc) is 2.48. The second kappa shape index (κ2) is 7.61. The molecule has 1 saturated carbocycles. The van der Waals surface area contributed by atoms with Crippen molar-refractivity contribution in [2.45, 2.75) is 37.8 Å². The Kier molecular flexibility index (Phi) is 5.82. The van der Waals surface area contributed by atoms with E-state index in [0.717, 1.165) is 17.9 Å². The topological polar surface area (TPSA) is 36.5 Å². The number of para-hydroxylation sites is 2. The minimum Gasteiger partial charge on any atom is -0.495 e. The van der Waals surface area contributed by atoms with Crippen LogP contribution < -0.4 is 15.4 Å². The molecular weight excluding hydrogens is 282 g/mol. The van der Waals surface area contributed by atoms with Gasteiger partial charge in [-0.1, -0.05) is 25.0 Å². The normalized spacial score (nSPS) is 21.9. The van der Waals surface area contributed by atoms with Crippen LogP contribution in [0.1, 0.15) is 25.7 Å². The zero-order chi connectivity index (χ0) is 15.2. The van der Waals surface area contributed by atoms with E-state index in [4.69, 9.17) is 17.0 Å². The molecule has 21 heavy (non-hydrogen) atoms. The van der Waals surface area contributed by atoms with E-state index in [1.165, 1.54) is 19.3 Å². The SMILES string of the molecule is COc1ccccc1NC(=S)NC1CCCCC1N(C)C. The molecule has 1 aromatic carbocycles. The Bertz CT molecular complexity index is 478. The third-order valence-electron chi connectivity index (χ3n) is 4.06. The molecule has 1 fully saturated rings. The van der Waals surface area contributed by atoms with Crippen LogP contribution in [0.5, 0.6) is 5.75 Å². The maximum atomic E-state index is 5.47. The van der Waals surface area contributed by atoms with E-state index < -0.39 is 0 Å². The lowest BCUT2D eigenvalue weighted by Gasteiger charge is -2.37. The predicted molar refractivity (Wildman–Crippen MR) is 92.1 cm³/mol. The largest absolute Gasteiger partial charge is 0.495 e. The van der Waals surface area contributed by atoms with Gasteiger partial charge in [0, 0.05) is 12.1 Å². The molecule has 4 nitrogen and oxygen atoms in total. The van der Waals surface area contributed by atoms with E-state index in [-0.39, 0.29) is 0 Å². The first-order valence-electron chi connectivity index (χ1n) is 7.48. The number of nitrogens with one attached hydrogen (secondary N) is 2. The summed E-state index contributed by atoms with van der Waals surface area (Å²) in [5, 5.41) is 7.38. The monoisotopic (exact) mass is 307 g/mol. The van der Waals surface area contributed by atoms with Crippen LogP contribution in [-0.4, -0.2) is 43.3 Å². The molecule has 0 spiro atoms. The predicted octanol–water partition coefficient (Wildman–Crippen LogP) is 2.85. The van der Waals surface area contributed by atoms with Gasteiger partial charge in [0.1, 0.15) is 5.75 Å². The summed E-state index contributed by atoms with van der Waals surface area (Å²) in [4.78, 5) is 2.29. The zero-order valence-corrected chi connectivity index (χ0v) is 13.9. The van der Waals surface area contributed by atoms with Gasteiger partial charge in [0.25, 0.3) is 0 Å². The maximum Gasteiger partial charge on any atom is 0.171 e. The summed E-state index contributed by atoms with van der Waals surface area (Å²) in [5.74, 6) is 0.800. The van der Waals surface area contributed by atoms with Crippen LogP contribution in [-0.2, 0) is 0 Å². The highest BCUT2D eigenvalue weighted by molar-refractivity contribution is 7.80. The van der Waals surface area contributed by atoms with Crippen LogP contribution in [0.4, 0.5) is 5.69 Å². The van der Waals surface area contributed by atoms with Crippen molar-refractivity contribution in [3.05, 3.63) is 24.3 Å². The van der Waals surface area contributed by atoms with E-state index in [1.807, 2.05) is 24.3 Å². The van der Waals surface area contributed by atoms with Crippen LogP contribution in [0.25, 0.3) is 0 Å². The number of hydrogen-bond acceptors (Lipinski definition) is 3. The van der Waals surface area contributed by atoms with Gasteiger partial charge in [-0.2, -0.15) is 0 Å². The van der Waals surface area contributed by atoms with E-state index in [0.29, 0.717) is 17.2 Å². The van der Waals surface area contributed by atoms with E-state index in [1.54, 1.807) is 7.11 Å². The summed E-state index contributed by atoms with van der Waals surface area (Å²) >= 11 is 5.47. The highest BCUT2D eigenvalue weighted by atomic mass is 32.1. The van der Waals surface area contributed by atoms with E-state index >= 15 is 0 Å². The minimum atomic E-state index is 0.406. The molecule has 2 atom stereocenters. The molecule has 0 radical (unpaired) electrons. The lowest BCUT2D eigenvalue weighted by molar-refractivity contribution is 0.190. The van der Waals surface area contributed by atoms with Crippen molar-refractivity contribution >= 4 is 23.0 Å². The summed E-state index contributed by atoms with van der Waals surface area (Å²) in [6.07, 6.45) is 4.95. The molecule has 116 valence electrons. The molecule has 0 amide bonds. The molecule has 5 heteroatoms. The van der Waals surface area contributed by atoms with E-state index in [9.17, 15) is 0 Å². The standard InChI is InChI=1S/C16H25N3OS/c1-19(2)14-10-6-4-8-12(14)17-16(21)18-13-9-5-7-11-15(13)20-3/h5,7,9,11-12,14H,4,6,8,10H2,1-3H3,(H2,17,18,21). The Morgan fingerprint density at radius 3 is 2.67 bits per heavy atom. The third kappa shape index (κ3) is 4.32. The fourth-order valence-electron chi connectivity index (χ4n) is 2.97.